The molecule has 0 rings (SSSR count). The third-order valence-corrected chi connectivity index (χ3v) is 0.761. The molecule has 0 aromatic carbocycles. The first-order chi connectivity index (χ1) is 2.81. The summed E-state index contributed by atoms with van der Waals surface area (Å²) in [5.74, 6) is 0.392. The molecule has 0 aromatic rings. The van der Waals surface area contributed by atoms with Crippen LogP contribution in [0, 0.1) is 0 Å². The van der Waals surface area contributed by atoms with Crippen LogP contribution in [0.3, 0.4) is 0 Å². The van der Waals surface area contributed by atoms with E-state index in [-0.39, 0.29) is 5.91 Å². The molecule has 3 heteroatoms. The summed E-state index contributed by atoms with van der Waals surface area (Å²) >= 11 is 3.01. The standard InChI is InChI=1S/C3H7NOS/c1-4-3(5)2-6/h6H,2H2,1H3,(H,4,5)/p+1. The van der Waals surface area contributed by atoms with Crippen molar-refractivity contribution in [2.75, 3.05) is 12.8 Å². The lowest BCUT2D eigenvalue weighted by Crippen LogP contribution is -2.19. The molecule has 0 fully saturated rings. The van der Waals surface area contributed by atoms with Gasteiger partial charge in [-0.25, -0.2) is 0 Å². The molecule has 0 unspecified atom stereocenters. The van der Waals surface area contributed by atoms with Crippen LogP contribution in [-0.4, -0.2) is 18.7 Å². The fourth-order valence-electron chi connectivity index (χ4n) is 0.0884. The molecule has 1 N–H and O–H groups in total. The maximum atomic E-state index is 10.0. The fraction of sp³-hybridized carbons (Fsp3) is 0.667. The van der Waals surface area contributed by atoms with Gasteiger partial charge in [-0.1, -0.05) is 0 Å². The molecule has 0 spiro atoms. The zero-order valence-electron chi connectivity index (χ0n) is 3.62. The lowest BCUT2D eigenvalue weighted by molar-refractivity contribution is -0.118. The Kier molecular flexibility index (Phi) is 2.94. The monoisotopic (exact) mass is 106 g/mol. The summed E-state index contributed by atoms with van der Waals surface area (Å²) in [4.78, 5) is 10.0. The van der Waals surface area contributed by atoms with Gasteiger partial charge in [-0.2, -0.15) is 0 Å². The average Bonchev–Trinajstić information content (AvgIpc) is 1.65. The van der Waals surface area contributed by atoms with Crippen molar-refractivity contribution in [3.05, 3.63) is 0 Å². The maximum absolute atomic E-state index is 10.0. The van der Waals surface area contributed by atoms with Gasteiger partial charge < -0.3 is 5.32 Å². The van der Waals surface area contributed by atoms with E-state index in [9.17, 15) is 4.79 Å². The molecular weight excluding hydrogens is 98.1 g/mol. The van der Waals surface area contributed by atoms with Gasteiger partial charge in [0.25, 0.3) is 5.91 Å². The Morgan fingerprint density at radius 1 is 2.00 bits per heavy atom. The number of amides is 1. The Morgan fingerprint density at radius 3 is 2.50 bits per heavy atom. The van der Waals surface area contributed by atoms with Gasteiger partial charge in [-0.15, -0.1) is 0 Å². The molecule has 0 aliphatic carbocycles. The fourth-order valence-corrected chi connectivity index (χ4v) is 0.265. The summed E-state index contributed by atoms with van der Waals surface area (Å²) < 4.78 is 0. The van der Waals surface area contributed by atoms with Crippen molar-refractivity contribution in [2.24, 2.45) is 0 Å². The summed E-state index contributed by atoms with van der Waals surface area (Å²) in [6, 6.07) is 0. The van der Waals surface area contributed by atoms with Crippen molar-refractivity contribution in [2.45, 2.75) is 0 Å². The number of nitrogens with one attached hydrogen (secondary N) is 1. The van der Waals surface area contributed by atoms with E-state index in [0.29, 0.717) is 5.75 Å². The van der Waals surface area contributed by atoms with Crippen LogP contribution < -0.4 is 5.32 Å². The largest absolute Gasteiger partial charge is 0.355 e. The number of carbonyl (C=O) groups excluding carboxylic acids is 1. The molecule has 0 aliphatic heterocycles. The van der Waals surface area contributed by atoms with Gasteiger partial charge in [0.05, 0.1) is 0 Å². The second kappa shape index (κ2) is 3.03. The highest BCUT2D eigenvalue weighted by Gasteiger charge is 1.91. The van der Waals surface area contributed by atoms with Gasteiger partial charge in [-0.3, -0.25) is 4.79 Å². The number of hydrogen-bond acceptors (Lipinski definition) is 1. The van der Waals surface area contributed by atoms with E-state index >= 15 is 0 Å². The smallest absolute Gasteiger partial charge is 0.269 e. The molecule has 36 valence electrons. The lowest BCUT2D eigenvalue weighted by atomic mass is 10.7. The number of carbonyl (C=O) groups is 1. The Bertz CT molecular complexity index is 48.8. The molecule has 0 bridgehead atoms. The minimum Gasteiger partial charge on any atom is -0.355 e. The molecule has 0 atom stereocenters. The van der Waals surface area contributed by atoms with E-state index in [1.807, 2.05) is 0 Å². The second-order valence-corrected chi connectivity index (χ2v) is 1.20. The van der Waals surface area contributed by atoms with E-state index in [4.69, 9.17) is 0 Å². The average molecular weight is 106 g/mol. The van der Waals surface area contributed by atoms with Crippen molar-refractivity contribution in [1.29, 1.82) is 0 Å². The SMILES string of the molecule is CNC(=O)C[SH2+]. The zero-order valence-corrected chi connectivity index (χ0v) is 4.62. The minimum absolute atomic E-state index is 0.00617. The van der Waals surface area contributed by atoms with Crippen molar-refractivity contribution in [1.82, 2.24) is 5.32 Å². The molecular formula is C3H8NOS+. The quantitative estimate of drug-likeness (QED) is 0.415. The third kappa shape index (κ3) is 2.08. The van der Waals surface area contributed by atoms with Crippen molar-refractivity contribution >= 4 is 18.5 Å². The Hall–Kier alpha value is -0.180. The van der Waals surface area contributed by atoms with Crippen LogP contribution in [0.4, 0.5) is 0 Å². The molecule has 0 saturated carbocycles. The molecule has 0 aromatic heterocycles. The second-order valence-electron chi connectivity index (χ2n) is 0.850. The normalized spacial score (nSPS) is 7.67. The molecule has 6 heavy (non-hydrogen) atoms. The van der Waals surface area contributed by atoms with Crippen LogP contribution in [-0.2, 0) is 17.4 Å². The Morgan fingerprint density at radius 2 is 2.50 bits per heavy atom. The van der Waals surface area contributed by atoms with Gasteiger partial charge in [0.15, 0.2) is 5.75 Å². The predicted molar refractivity (Wildman–Crippen MR) is 29.1 cm³/mol. The summed E-state index contributed by atoms with van der Waals surface area (Å²) in [7, 11) is 1.60. The van der Waals surface area contributed by atoms with Gasteiger partial charge in [0, 0.05) is 7.05 Å². The highest BCUT2D eigenvalue weighted by Crippen LogP contribution is 1.54. The van der Waals surface area contributed by atoms with Gasteiger partial charge in [-0.05, 0) is 12.6 Å². The molecule has 0 heterocycles. The zero-order chi connectivity index (χ0) is 4.99. The first kappa shape index (κ1) is 5.82. The summed E-state index contributed by atoms with van der Waals surface area (Å²) in [6.07, 6.45) is 0. The summed E-state index contributed by atoms with van der Waals surface area (Å²) in [5, 5.41) is 2.43. The molecule has 0 radical (unpaired) electrons. The van der Waals surface area contributed by atoms with E-state index in [1.54, 1.807) is 7.05 Å². The summed E-state index contributed by atoms with van der Waals surface area (Å²) in [5.41, 5.74) is 0. The van der Waals surface area contributed by atoms with E-state index in [0.717, 1.165) is 0 Å². The topological polar surface area (TPSA) is 29.1 Å². The summed E-state index contributed by atoms with van der Waals surface area (Å²) in [6.45, 7) is 0. The van der Waals surface area contributed by atoms with Crippen LogP contribution in [0.15, 0.2) is 0 Å². The molecule has 2 nitrogen and oxygen atoms in total. The number of rotatable bonds is 1. The third-order valence-electron chi connectivity index (χ3n) is 0.439. The highest BCUT2D eigenvalue weighted by atomic mass is 32.1. The molecule has 0 saturated heterocycles. The van der Waals surface area contributed by atoms with E-state index < -0.39 is 0 Å². The first-order valence-corrected chi connectivity index (χ1v) is 2.37. The molecule has 1 amide bonds. The van der Waals surface area contributed by atoms with Crippen LogP contribution in [0.1, 0.15) is 0 Å². The van der Waals surface area contributed by atoms with Crippen molar-refractivity contribution < 1.29 is 4.79 Å². The number of hydrogen-bond donors (Lipinski definition) is 1. The van der Waals surface area contributed by atoms with Crippen LogP contribution >= 0.6 is 0 Å². The van der Waals surface area contributed by atoms with Crippen LogP contribution in [0.5, 0.6) is 0 Å². The Labute approximate surface area is 42.3 Å². The van der Waals surface area contributed by atoms with E-state index in [1.165, 1.54) is 0 Å². The lowest BCUT2D eigenvalue weighted by Gasteiger charge is -1.82. The maximum Gasteiger partial charge on any atom is 0.269 e. The Balaban J connectivity index is 2.99. The minimum atomic E-state index is 0.00617. The predicted octanol–water partition coefficient (Wildman–Crippen LogP) is -1.26. The van der Waals surface area contributed by atoms with Crippen molar-refractivity contribution in [3.8, 4) is 0 Å². The highest BCUT2D eigenvalue weighted by molar-refractivity contribution is 7.59. The van der Waals surface area contributed by atoms with Crippen molar-refractivity contribution in [3.63, 3.8) is 0 Å². The van der Waals surface area contributed by atoms with Crippen LogP contribution in [0.25, 0.3) is 0 Å². The van der Waals surface area contributed by atoms with Gasteiger partial charge >= 0.3 is 0 Å². The molecule has 0 aliphatic rings. The van der Waals surface area contributed by atoms with Gasteiger partial charge in [0.1, 0.15) is 0 Å². The van der Waals surface area contributed by atoms with Gasteiger partial charge in [0.2, 0.25) is 0 Å². The van der Waals surface area contributed by atoms with E-state index in [2.05, 4.69) is 17.9 Å². The first-order valence-electron chi connectivity index (χ1n) is 1.66. The van der Waals surface area contributed by atoms with Crippen LogP contribution in [0.2, 0.25) is 0 Å².